The summed E-state index contributed by atoms with van der Waals surface area (Å²) in [6.07, 6.45) is 3.52. The van der Waals surface area contributed by atoms with E-state index in [1.807, 2.05) is 42.5 Å². The molecule has 0 radical (unpaired) electrons. The van der Waals surface area contributed by atoms with E-state index in [4.69, 9.17) is 9.47 Å². The van der Waals surface area contributed by atoms with Gasteiger partial charge in [-0.15, -0.1) is 5.10 Å². The average Bonchev–Trinajstić information content (AvgIpc) is 3.92. The summed E-state index contributed by atoms with van der Waals surface area (Å²) < 4.78 is 13.6. The zero-order chi connectivity index (χ0) is 41.0. The summed E-state index contributed by atoms with van der Waals surface area (Å²) in [6.45, 7) is 3.11. The Hall–Kier alpha value is -6.29. The fourth-order valence-corrected chi connectivity index (χ4v) is 6.93. The van der Waals surface area contributed by atoms with Crippen LogP contribution < -0.4 is 30.7 Å². The average molecular weight is 795 g/mol. The van der Waals surface area contributed by atoms with Crippen LogP contribution in [0.3, 0.4) is 0 Å². The molecule has 4 amide bonds. The van der Waals surface area contributed by atoms with Gasteiger partial charge in [-0.1, -0.05) is 59.8 Å². The third-order valence-corrected chi connectivity index (χ3v) is 10.3. The second-order valence-corrected chi connectivity index (χ2v) is 14.6. The number of aliphatic carboxylic acids is 1. The molecule has 5 aliphatic heterocycles. The van der Waals surface area contributed by atoms with Gasteiger partial charge >= 0.3 is 5.97 Å². The zero-order valence-electron chi connectivity index (χ0n) is 32.6. The number of carboxylic acid groups (broad SMARTS) is 1. The molecular formula is C42H50N8O8. The van der Waals surface area contributed by atoms with Crippen molar-refractivity contribution in [3.63, 3.8) is 0 Å². The summed E-state index contributed by atoms with van der Waals surface area (Å²) in [5, 5.41) is 29.8. The standard InChI is InChI=1S/C42H50N8O8/c1-27(43-2)38(51)45-35-23-29-13-17-33(18-14-29)58-26-31-25-49(48-47-31)19-7-21-57-32-15-11-30(12-16-32)24-36(42(55)56)46-39(52)34(22-28-8-4-3-5-9-28)44-40(53)37-10-6-20-50(37)41(35)54/h3-5,8-9,11-18,25,27,34-37,43H,6-7,10,19-24,26H2,1-2H3,(H,44,53)(H,45,51)(H,46,52)(H,55,56)/t27-,34+,35-,36-,37+/m0/s1. The number of nitrogens with zero attached hydrogens (tertiary/aromatic N) is 4. The predicted molar refractivity (Wildman–Crippen MR) is 212 cm³/mol. The van der Waals surface area contributed by atoms with E-state index >= 15 is 0 Å². The van der Waals surface area contributed by atoms with Crippen LogP contribution in [-0.2, 0) is 56.4 Å². The van der Waals surface area contributed by atoms with Crippen molar-refractivity contribution in [2.75, 3.05) is 20.2 Å². The van der Waals surface area contributed by atoms with Gasteiger partial charge in [0.25, 0.3) is 0 Å². The van der Waals surface area contributed by atoms with Crippen molar-refractivity contribution in [1.29, 1.82) is 0 Å². The normalized spacial score (nSPS) is 21.6. The van der Waals surface area contributed by atoms with Gasteiger partial charge in [-0.3, -0.25) is 23.9 Å². The van der Waals surface area contributed by atoms with Gasteiger partial charge in [0.15, 0.2) is 0 Å². The molecular weight excluding hydrogens is 745 g/mol. The molecule has 1 saturated heterocycles. The number of carboxylic acids is 1. The maximum Gasteiger partial charge on any atom is 0.326 e. The first-order valence-electron chi connectivity index (χ1n) is 19.5. The monoisotopic (exact) mass is 794 g/mol. The Morgan fingerprint density at radius 1 is 0.879 bits per heavy atom. The van der Waals surface area contributed by atoms with Gasteiger partial charge in [0.1, 0.15) is 48.0 Å². The van der Waals surface area contributed by atoms with E-state index in [1.54, 1.807) is 61.2 Å². The van der Waals surface area contributed by atoms with Crippen molar-refractivity contribution < 1.29 is 38.6 Å². The van der Waals surface area contributed by atoms with Crippen LogP contribution in [0.25, 0.3) is 0 Å². The lowest BCUT2D eigenvalue weighted by Gasteiger charge is -2.30. The van der Waals surface area contributed by atoms with Gasteiger partial charge in [-0.05, 0) is 67.8 Å². The number of likely N-dealkylation sites (N-methyl/N-ethyl adjacent to an activating group) is 1. The number of benzene rings is 3. The molecule has 4 aromatic rings. The Balaban J connectivity index is 1.27. The van der Waals surface area contributed by atoms with E-state index in [0.717, 1.165) is 11.1 Å². The first-order valence-corrected chi connectivity index (χ1v) is 19.5. The van der Waals surface area contributed by atoms with Gasteiger partial charge < -0.3 is 40.7 Å². The Morgan fingerprint density at radius 2 is 1.57 bits per heavy atom. The van der Waals surface area contributed by atoms with Crippen LogP contribution in [0.2, 0.25) is 0 Å². The van der Waals surface area contributed by atoms with Crippen LogP contribution in [-0.4, -0.2) is 105 Å². The van der Waals surface area contributed by atoms with E-state index < -0.39 is 53.9 Å². The lowest BCUT2D eigenvalue weighted by molar-refractivity contribution is -0.143. The highest BCUT2D eigenvalue weighted by atomic mass is 16.5. The molecule has 1 fully saturated rings. The number of ether oxygens (including phenoxy) is 2. The Morgan fingerprint density at radius 3 is 2.26 bits per heavy atom. The molecule has 16 nitrogen and oxygen atoms in total. The van der Waals surface area contributed by atoms with E-state index in [-0.39, 0.29) is 38.3 Å². The zero-order valence-corrected chi connectivity index (χ0v) is 32.6. The molecule has 306 valence electrons. The third kappa shape index (κ3) is 11.2. The smallest absolute Gasteiger partial charge is 0.326 e. The molecule has 3 aromatic carbocycles. The number of carbonyl (C=O) groups excluding carboxylic acids is 4. The van der Waals surface area contributed by atoms with E-state index in [2.05, 4.69) is 31.6 Å². The van der Waals surface area contributed by atoms with Crippen LogP contribution in [0.4, 0.5) is 0 Å². The first-order chi connectivity index (χ1) is 28.1. The molecule has 0 aliphatic carbocycles. The number of rotatable bonds is 6. The molecule has 5 atom stereocenters. The number of aryl methyl sites for hydroxylation is 1. The Bertz CT molecular complexity index is 2020. The fraction of sp³-hybridized carbons (Fsp3) is 0.405. The van der Waals surface area contributed by atoms with Crippen molar-refractivity contribution in [3.8, 4) is 11.5 Å². The van der Waals surface area contributed by atoms with Crippen molar-refractivity contribution in [2.24, 2.45) is 0 Å². The molecule has 5 N–H and O–H groups in total. The van der Waals surface area contributed by atoms with Crippen molar-refractivity contribution in [1.82, 2.24) is 41.2 Å². The highest BCUT2D eigenvalue weighted by Gasteiger charge is 2.39. The number of hydrogen-bond acceptors (Lipinski definition) is 10. The van der Waals surface area contributed by atoms with Gasteiger partial charge in [0.05, 0.1) is 18.8 Å². The lowest BCUT2D eigenvalue weighted by atomic mass is 10.0. The summed E-state index contributed by atoms with van der Waals surface area (Å²) in [5.41, 5.74) is 2.80. The SMILES string of the molecule is CN[C@@H](C)C(=O)N[C@H]1Cc2ccc(cc2)OCc2cn(nn2)CCCOc2ccc(cc2)C[C@@H](C(=O)O)NC(=O)[C@@H](Cc2ccccc2)NC(=O)[C@H]2CCCN2C1=O. The van der Waals surface area contributed by atoms with Gasteiger partial charge in [0.2, 0.25) is 23.6 Å². The maximum atomic E-state index is 14.3. The second-order valence-electron chi connectivity index (χ2n) is 14.6. The second kappa shape index (κ2) is 19.7. The highest BCUT2D eigenvalue weighted by Crippen LogP contribution is 2.22. The van der Waals surface area contributed by atoms with Crippen molar-refractivity contribution in [3.05, 3.63) is 107 Å². The van der Waals surface area contributed by atoms with Gasteiger partial charge in [-0.2, -0.15) is 0 Å². The molecule has 16 heteroatoms. The Kier molecular flexibility index (Phi) is 14.1. The summed E-state index contributed by atoms with van der Waals surface area (Å²) in [7, 11) is 1.64. The predicted octanol–water partition coefficient (Wildman–Crippen LogP) is 1.81. The number of amides is 4. The maximum absolute atomic E-state index is 14.3. The topological polar surface area (TPSA) is 206 Å². The number of hydrogen-bond donors (Lipinski definition) is 5. The van der Waals surface area contributed by atoms with Crippen LogP contribution in [0, 0.1) is 0 Å². The first kappa shape index (κ1) is 41.3. The Labute approximate surface area is 336 Å². The van der Waals surface area contributed by atoms with Crippen LogP contribution in [0.5, 0.6) is 11.5 Å². The van der Waals surface area contributed by atoms with Crippen LogP contribution in [0.1, 0.15) is 48.6 Å². The molecule has 0 spiro atoms. The fourth-order valence-electron chi connectivity index (χ4n) is 6.93. The van der Waals surface area contributed by atoms with E-state index in [0.29, 0.717) is 55.2 Å². The summed E-state index contributed by atoms with van der Waals surface area (Å²) >= 11 is 0. The molecule has 0 saturated carbocycles. The van der Waals surface area contributed by atoms with E-state index in [9.17, 15) is 29.1 Å². The third-order valence-electron chi connectivity index (χ3n) is 10.3. The molecule has 0 unspecified atom stereocenters. The minimum absolute atomic E-state index is 0.0154. The van der Waals surface area contributed by atoms with Crippen molar-refractivity contribution >= 4 is 29.6 Å². The summed E-state index contributed by atoms with van der Waals surface area (Å²) in [5.74, 6) is -2.10. The molecule has 6 heterocycles. The van der Waals surface area contributed by atoms with E-state index in [1.165, 1.54) is 4.90 Å². The number of carbonyl (C=O) groups is 5. The number of nitrogens with one attached hydrogen (secondary N) is 4. The summed E-state index contributed by atoms with van der Waals surface area (Å²) in [4.78, 5) is 69.4. The molecule has 58 heavy (non-hydrogen) atoms. The molecule has 6 bridgehead atoms. The number of aromatic nitrogens is 3. The van der Waals surface area contributed by atoms with Gasteiger partial charge in [0, 0.05) is 38.8 Å². The lowest BCUT2D eigenvalue weighted by Crippen LogP contribution is -2.58. The van der Waals surface area contributed by atoms with Crippen LogP contribution >= 0.6 is 0 Å². The quantitative estimate of drug-likeness (QED) is 0.190. The minimum Gasteiger partial charge on any atom is -0.494 e. The molecule has 1 aromatic heterocycles. The van der Waals surface area contributed by atoms with Gasteiger partial charge in [-0.25, -0.2) is 4.79 Å². The van der Waals surface area contributed by atoms with Crippen LogP contribution in [0.15, 0.2) is 85.1 Å². The molecule has 9 rings (SSSR count). The summed E-state index contributed by atoms with van der Waals surface area (Å²) in [6, 6.07) is 18.3. The largest absolute Gasteiger partial charge is 0.494 e. The highest BCUT2D eigenvalue weighted by molar-refractivity contribution is 5.96. The minimum atomic E-state index is -1.30. The molecule has 5 aliphatic rings. The van der Waals surface area contributed by atoms with Crippen molar-refractivity contribution in [2.45, 2.75) is 88.8 Å².